The van der Waals surface area contributed by atoms with Gasteiger partial charge in [-0.2, -0.15) is 0 Å². The highest BCUT2D eigenvalue weighted by Crippen LogP contribution is 2.32. The molecule has 0 unspecified atom stereocenters. The fraction of sp³-hybridized carbons (Fsp3) is 0.296. The quantitative estimate of drug-likeness (QED) is 0.244. The first-order chi connectivity index (χ1) is 17.5. The van der Waals surface area contributed by atoms with Crippen molar-refractivity contribution in [3.05, 3.63) is 93.7 Å². The number of nitrogens with zero attached hydrogens (tertiary/aromatic N) is 2. The first-order valence-electron chi connectivity index (χ1n) is 11.9. The second-order valence-corrected chi connectivity index (χ2v) is 9.82. The zero-order valence-electron chi connectivity index (χ0n) is 19.5. The van der Waals surface area contributed by atoms with Gasteiger partial charge in [0, 0.05) is 22.9 Å². The van der Waals surface area contributed by atoms with E-state index in [4.69, 9.17) is 9.40 Å². The summed E-state index contributed by atoms with van der Waals surface area (Å²) in [6.45, 7) is 0.237. The van der Waals surface area contributed by atoms with Crippen molar-refractivity contribution in [2.45, 2.75) is 55.6 Å². The van der Waals surface area contributed by atoms with Crippen molar-refractivity contribution in [3.63, 3.8) is 0 Å². The number of hydrogen-bond donors (Lipinski definition) is 1. The lowest BCUT2D eigenvalue weighted by Gasteiger charge is -2.26. The van der Waals surface area contributed by atoms with Gasteiger partial charge in [-0.15, -0.1) is 0 Å². The van der Waals surface area contributed by atoms with Gasteiger partial charge >= 0.3 is 0 Å². The molecule has 9 heteroatoms. The van der Waals surface area contributed by atoms with E-state index in [1.54, 1.807) is 34.9 Å². The first kappa shape index (κ1) is 24.2. The molecule has 186 valence electrons. The Morgan fingerprint density at radius 1 is 1.11 bits per heavy atom. The van der Waals surface area contributed by atoms with Gasteiger partial charge in [0.1, 0.15) is 17.4 Å². The van der Waals surface area contributed by atoms with Crippen molar-refractivity contribution < 1.29 is 18.0 Å². The van der Waals surface area contributed by atoms with E-state index in [1.807, 2.05) is 0 Å². The van der Waals surface area contributed by atoms with Gasteiger partial charge in [0.25, 0.3) is 11.5 Å². The highest BCUT2D eigenvalue weighted by Gasteiger charge is 2.23. The molecule has 1 saturated carbocycles. The number of aromatic nitrogens is 2. The smallest absolute Gasteiger partial charge is 0.262 e. The number of hydrogen-bond acceptors (Lipinski definition) is 5. The molecule has 0 aliphatic heterocycles. The molecule has 4 aromatic rings. The molecule has 0 spiro atoms. The van der Waals surface area contributed by atoms with E-state index in [0.717, 1.165) is 50.3 Å². The summed E-state index contributed by atoms with van der Waals surface area (Å²) < 4.78 is 34.9. The topological polar surface area (TPSA) is 77.1 Å². The summed E-state index contributed by atoms with van der Waals surface area (Å²) >= 11 is 1.20. The van der Waals surface area contributed by atoms with Gasteiger partial charge in [-0.05, 0) is 61.4 Å². The first-order valence-corrected chi connectivity index (χ1v) is 12.9. The maximum atomic E-state index is 14.3. The van der Waals surface area contributed by atoms with E-state index in [1.165, 1.54) is 18.0 Å². The zero-order valence-corrected chi connectivity index (χ0v) is 20.3. The minimum Gasteiger partial charge on any atom is -0.467 e. The van der Waals surface area contributed by atoms with Crippen LogP contribution in [-0.4, -0.2) is 15.5 Å². The maximum Gasteiger partial charge on any atom is 0.262 e. The van der Waals surface area contributed by atoms with Crippen molar-refractivity contribution in [2.24, 2.45) is 0 Å². The van der Waals surface area contributed by atoms with Gasteiger partial charge in [-0.3, -0.25) is 14.2 Å². The molecule has 2 heterocycles. The van der Waals surface area contributed by atoms with Crippen LogP contribution in [0.1, 0.15) is 59.8 Å². The van der Waals surface area contributed by atoms with E-state index in [2.05, 4.69) is 5.32 Å². The lowest BCUT2D eigenvalue weighted by molar-refractivity contribution is 0.0948. The van der Waals surface area contributed by atoms with E-state index < -0.39 is 11.6 Å². The molecule has 0 bridgehead atoms. The number of halogens is 2. The van der Waals surface area contributed by atoms with Crippen LogP contribution < -0.4 is 10.9 Å². The molecule has 0 saturated heterocycles. The summed E-state index contributed by atoms with van der Waals surface area (Å²) in [5.41, 5.74) is 0.774. The molecule has 5 rings (SSSR count). The lowest BCUT2D eigenvalue weighted by Crippen LogP contribution is -2.29. The SMILES string of the molecule is O=C(NCc1ccco1)c1ccc2c(=O)n(C3CCCCC3)c(SCc3cc(F)ccc3F)nc2c1. The predicted octanol–water partition coefficient (Wildman–Crippen LogP) is 6.00. The van der Waals surface area contributed by atoms with E-state index in [-0.39, 0.29) is 35.4 Å². The Balaban J connectivity index is 1.49. The highest BCUT2D eigenvalue weighted by atomic mass is 32.2. The molecular weight excluding hydrogens is 484 g/mol. The highest BCUT2D eigenvalue weighted by molar-refractivity contribution is 7.98. The van der Waals surface area contributed by atoms with Gasteiger partial charge in [0.15, 0.2) is 5.16 Å². The fourth-order valence-electron chi connectivity index (χ4n) is 4.56. The van der Waals surface area contributed by atoms with E-state index >= 15 is 0 Å². The van der Waals surface area contributed by atoms with E-state index in [9.17, 15) is 18.4 Å². The minimum absolute atomic E-state index is 0.000669. The second-order valence-electron chi connectivity index (χ2n) is 8.88. The summed E-state index contributed by atoms with van der Waals surface area (Å²) in [5, 5.41) is 3.65. The maximum absolute atomic E-state index is 14.3. The van der Waals surface area contributed by atoms with Crippen LogP contribution in [0.15, 0.2) is 69.2 Å². The lowest BCUT2D eigenvalue weighted by atomic mass is 9.95. The number of carbonyl (C=O) groups is 1. The largest absolute Gasteiger partial charge is 0.467 e. The third-order valence-electron chi connectivity index (χ3n) is 6.44. The number of furan rings is 1. The molecule has 2 aromatic heterocycles. The van der Waals surface area contributed by atoms with Crippen LogP contribution >= 0.6 is 11.8 Å². The zero-order chi connectivity index (χ0) is 25.1. The number of carbonyl (C=O) groups excluding carboxylic acids is 1. The van der Waals surface area contributed by atoms with Crippen LogP contribution in [0.3, 0.4) is 0 Å². The third kappa shape index (κ3) is 5.21. The van der Waals surface area contributed by atoms with Crippen molar-refractivity contribution in [3.8, 4) is 0 Å². The van der Waals surface area contributed by atoms with Crippen LogP contribution in [-0.2, 0) is 12.3 Å². The van der Waals surface area contributed by atoms with Gasteiger partial charge in [-0.1, -0.05) is 31.0 Å². The molecule has 2 aromatic carbocycles. The Hall–Kier alpha value is -3.46. The Bertz CT molecular complexity index is 1450. The molecule has 1 fully saturated rings. The normalized spacial score (nSPS) is 14.3. The molecule has 1 aliphatic carbocycles. The van der Waals surface area contributed by atoms with Crippen LogP contribution in [0.2, 0.25) is 0 Å². The molecule has 6 nitrogen and oxygen atoms in total. The average Bonchev–Trinajstić information content (AvgIpc) is 3.42. The Kier molecular flexibility index (Phi) is 7.18. The minimum atomic E-state index is -0.520. The van der Waals surface area contributed by atoms with Gasteiger partial charge in [0.05, 0.1) is 23.7 Å². The Morgan fingerprint density at radius 3 is 2.72 bits per heavy atom. The molecule has 1 aliphatic rings. The second kappa shape index (κ2) is 10.7. The van der Waals surface area contributed by atoms with Gasteiger partial charge in [-0.25, -0.2) is 13.8 Å². The van der Waals surface area contributed by atoms with Gasteiger partial charge < -0.3 is 9.73 Å². The number of benzene rings is 2. The van der Waals surface area contributed by atoms with E-state index in [0.29, 0.717) is 27.4 Å². The number of amides is 1. The van der Waals surface area contributed by atoms with Crippen LogP contribution in [0.25, 0.3) is 10.9 Å². The average molecular weight is 510 g/mol. The van der Waals surface area contributed by atoms with Crippen molar-refractivity contribution in [1.29, 1.82) is 0 Å². The van der Waals surface area contributed by atoms with Crippen LogP contribution in [0.4, 0.5) is 8.78 Å². The summed E-state index contributed by atoms with van der Waals surface area (Å²) in [4.78, 5) is 31.0. The predicted molar refractivity (Wildman–Crippen MR) is 134 cm³/mol. The third-order valence-corrected chi connectivity index (χ3v) is 7.44. The van der Waals surface area contributed by atoms with Crippen LogP contribution in [0, 0.1) is 11.6 Å². The summed E-state index contributed by atoms with van der Waals surface area (Å²) in [7, 11) is 0. The van der Waals surface area contributed by atoms with Crippen molar-refractivity contribution >= 4 is 28.6 Å². The number of nitrogens with one attached hydrogen (secondary N) is 1. The Morgan fingerprint density at radius 2 is 1.94 bits per heavy atom. The standard InChI is InChI=1S/C27H25F2N3O3S/c28-19-9-11-23(29)18(13-19)16-36-27-31-24-14-17(25(33)30-15-21-7-4-12-35-21)8-10-22(24)26(34)32(27)20-5-2-1-3-6-20/h4,7-14,20H,1-3,5-6,15-16H2,(H,30,33). The summed E-state index contributed by atoms with van der Waals surface area (Å²) in [6, 6.07) is 11.7. The fourth-order valence-corrected chi connectivity index (χ4v) is 5.60. The summed E-state index contributed by atoms with van der Waals surface area (Å²) in [5.74, 6) is -0.596. The van der Waals surface area contributed by atoms with Gasteiger partial charge in [0.2, 0.25) is 0 Å². The summed E-state index contributed by atoms with van der Waals surface area (Å²) in [6.07, 6.45) is 6.43. The number of thioether (sulfide) groups is 1. The monoisotopic (exact) mass is 509 g/mol. The number of fused-ring (bicyclic) bond motifs is 1. The number of rotatable bonds is 7. The van der Waals surface area contributed by atoms with Crippen molar-refractivity contribution in [1.82, 2.24) is 14.9 Å². The Labute approximate surface area is 210 Å². The molecule has 1 amide bonds. The molecule has 36 heavy (non-hydrogen) atoms. The molecule has 0 radical (unpaired) electrons. The molecule has 1 N–H and O–H groups in total. The molecular formula is C27H25F2N3O3S. The molecule has 0 atom stereocenters. The van der Waals surface area contributed by atoms with Crippen molar-refractivity contribution in [2.75, 3.05) is 0 Å². The van der Waals surface area contributed by atoms with Crippen LogP contribution in [0.5, 0.6) is 0 Å².